The number of nitrogens with zero attached hydrogens (tertiary/aromatic N) is 6. The second-order valence-electron chi connectivity index (χ2n) is 5.37. The SMILES string of the molecule is O=C(Nc1nc(-c2cccnc2)cs1)C(c1ccccc1)n1cnnn1. The third kappa shape index (κ3) is 3.33. The molecule has 0 saturated heterocycles. The van der Waals surface area contributed by atoms with Gasteiger partial charge in [0.05, 0.1) is 5.69 Å². The average molecular weight is 363 g/mol. The van der Waals surface area contributed by atoms with Crippen molar-refractivity contribution >= 4 is 22.4 Å². The van der Waals surface area contributed by atoms with Crippen LogP contribution in [-0.4, -0.2) is 36.1 Å². The van der Waals surface area contributed by atoms with E-state index in [9.17, 15) is 4.79 Å². The number of aromatic nitrogens is 6. The first-order valence-electron chi connectivity index (χ1n) is 7.75. The minimum Gasteiger partial charge on any atom is -0.300 e. The number of thiazole rings is 1. The molecule has 0 aliphatic rings. The first-order chi connectivity index (χ1) is 12.8. The Hall–Kier alpha value is -3.46. The van der Waals surface area contributed by atoms with Crippen molar-refractivity contribution in [1.29, 1.82) is 0 Å². The number of hydrogen-bond donors (Lipinski definition) is 1. The zero-order chi connectivity index (χ0) is 17.8. The molecular weight excluding hydrogens is 350 g/mol. The highest BCUT2D eigenvalue weighted by atomic mass is 32.1. The van der Waals surface area contributed by atoms with Crippen LogP contribution in [0.1, 0.15) is 11.6 Å². The molecule has 9 heteroatoms. The smallest absolute Gasteiger partial charge is 0.255 e. The van der Waals surface area contributed by atoms with Crippen LogP contribution in [0.3, 0.4) is 0 Å². The van der Waals surface area contributed by atoms with Gasteiger partial charge in [-0.05, 0) is 28.1 Å². The van der Waals surface area contributed by atoms with Gasteiger partial charge in [0.15, 0.2) is 11.2 Å². The Morgan fingerprint density at radius 3 is 2.77 bits per heavy atom. The number of amides is 1. The first kappa shape index (κ1) is 16.0. The van der Waals surface area contributed by atoms with E-state index in [4.69, 9.17) is 0 Å². The summed E-state index contributed by atoms with van der Waals surface area (Å²) in [7, 11) is 0. The Bertz CT molecular complexity index is 986. The zero-order valence-corrected chi connectivity index (χ0v) is 14.2. The van der Waals surface area contributed by atoms with Gasteiger partial charge in [-0.25, -0.2) is 9.67 Å². The van der Waals surface area contributed by atoms with Crippen molar-refractivity contribution in [2.24, 2.45) is 0 Å². The summed E-state index contributed by atoms with van der Waals surface area (Å²) in [5, 5.41) is 16.4. The summed E-state index contributed by atoms with van der Waals surface area (Å²) in [5.41, 5.74) is 2.43. The van der Waals surface area contributed by atoms with Gasteiger partial charge in [0.2, 0.25) is 0 Å². The van der Waals surface area contributed by atoms with Crippen molar-refractivity contribution in [3.05, 3.63) is 72.1 Å². The largest absolute Gasteiger partial charge is 0.300 e. The molecule has 0 spiro atoms. The predicted molar refractivity (Wildman–Crippen MR) is 96.4 cm³/mol. The van der Waals surface area contributed by atoms with E-state index in [2.05, 4.69) is 30.8 Å². The van der Waals surface area contributed by atoms with E-state index < -0.39 is 6.04 Å². The van der Waals surface area contributed by atoms with Crippen molar-refractivity contribution < 1.29 is 4.79 Å². The molecule has 0 fully saturated rings. The molecule has 128 valence electrons. The molecule has 1 N–H and O–H groups in total. The highest BCUT2D eigenvalue weighted by Crippen LogP contribution is 2.26. The molecule has 0 aliphatic heterocycles. The third-order valence-corrected chi connectivity index (χ3v) is 4.44. The van der Waals surface area contributed by atoms with E-state index >= 15 is 0 Å². The number of pyridine rings is 1. The van der Waals surface area contributed by atoms with Crippen molar-refractivity contribution in [1.82, 2.24) is 30.2 Å². The van der Waals surface area contributed by atoms with Crippen LogP contribution in [0.25, 0.3) is 11.3 Å². The minimum absolute atomic E-state index is 0.268. The van der Waals surface area contributed by atoms with Crippen LogP contribution in [0.15, 0.2) is 66.6 Å². The number of hydrogen-bond acceptors (Lipinski definition) is 7. The zero-order valence-electron chi connectivity index (χ0n) is 13.4. The summed E-state index contributed by atoms with van der Waals surface area (Å²) >= 11 is 1.35. The molecule has 8 nitrogen and oxygen atoms in total. The van der Waals surface area contributed by atoms with Crippen LogP contribution in [0.2, 0.25) is 0 Å². The molecule has 1 amide bonds. The Kier molecular flexibility index (Phi) is 4.44. The van der Waals surface area contributed by atoms with Gasteiger partial charge in [0.25, 0.3) is 5.91 Å². The van der Waals surface area contributed by atoms with Gasteiger partial charge >= 0.3 is 0 Å². The summed E-state index contributed by atoms with van der Waals surface area (Å²) in [6.45, 7) is 0. The highest BCUT2D eigenvalue weighted by molar-refractivity contribution is 7.14. The molecule has 0 bridgehead atoms. The summed E-state index contributed by atoms with van der Waals surface area (Å²) in [6, 6.07) is 12.4. The molecule has 3 heterocycles. The summed E-state index contributed by atoms with van der Waals surface area (Å²) in [5.74, 6) is -0.268. The molecule has 0 radical (unpaired) electrons. The minimum atomic E-state index is -0.683. The highest BCUT2D eigenvalue weighted by Gasteiger charge is 2.24. The van der Waals surface area contributed by atoms with Gasteiger partial charge in [-0.1, -0.05) is 30.3 Å². The molecule has 1 unspecified atom stereocenters. The molecule has 3 aromatic heterocycles. The lowest BCUT2D eigenvalue weighted by Crippen LogP contribution is -2.27. The van der Waals surface area contributed by atoms with Gasteiger partial charge < -0.3 is 0 Å². The maximum Gasteiger partial charge on any atom is 0.255 e. The number of anilines is 1. The normalized spacial score (nSPS) is 11.8. The second-order valence-corrected chi connectivity index (χ2v) is 6.23. The molecule has 26 heavy (non-hydrogen) atoms. The van der Waals surface area contributed by atoms with Gasteiger partial charge in [-0.15, -0.1) is 16.4 Å². The fourth-order valence-electron chi connectivity index (χ4n) is 2.50. The molecule has 4 aromatic rings. The first-order valence-corrected chi connectivity index (χ1v) is 8.63. The number of nitrogens with one attached hydrogen (secondary N) is 1. The van der Waals surface area contributed by atoms with E-state index in [0.29, 0.717) is 5.13 Å². The van der Waals surface area contributed by atoms with Gasteiger partial charge in [-0.3, -0.25) is 15.1 Å². The van der Waals surface area contributed by atoms with E-state index in [1.165, 1.54) is 22.3 Å². The fourth-order valence-corrected chi connectivity index (χ4v) is 3.22. The topological polar surface area (TPSA) is 98.5 Å². The van der Waals surface area contributed by atoms with Crippen LogP contribution in [0.4, 0.5) is 5.13 Å². The lowest BCUT2D eigenvalue weighted by molar-refractivity contribution is -0.118. The van der Waals surface area contributed by atoms with Crippen LogP contribution in [0.5, 0.6) is 0 Å². The second kappa shape index (κ2) is 7.19. The van der Waals surface area contributed by atoms with E-state index in [0.717, 1.165) is 16.8 Å². The predicted octanol–water partition coefficient (Wildman–Crippen LogP) is 2.42. The lowest BCUT2D eigenvalue weighted by Gasteiger charge is -2.15. The van der Waals surface area contributed by atoms with Crippen molar-refractivity contribution in [2.45, 2.75) is 6.04 Å². The maximum atomic E-state index is 12.9. The van der Waals surface area contributed by atoms with Crippen LogP contribution in [-0.2, 0) is 4.79 Å². The Morgan fingerprint density at radius 2 is 2.04 bits per heavy atom. The Labute approximate surface area is 152 Å². The van der Waals surface area contributed by atoms with Gasteiger partial charge in [-0.2, -0.15) is 0 Å². The van der Waals surface area contributed by atoms with Crippen molar-refractivity contribution in [3.8, 4) is 11.3 Å². The van der Waals surface area contributed by atoms with Crippen molar-refractivity contribution in [2.75, 3.05) is 5.32 Å². The number of benzene rings is 1. The molecule has 1 atom stereocenters. The monoisotopic (exact) mass is 363 g/mol. The summed E-state index contributed by atoms with van der Waals surface area (Å²) in [4.78, 5) is 21.4. The molecular formula is C17H13N7OS. The Balaban J connectivity index is 1.59. The number of carbonyl (C=O) groups is 1. The standard InChI is InChI=1S/C17H13N7OS/c25-16(15(24-11-19-22-23-24)12-5-2-1-3-6-12)21-17-20-14(10-26-17)13-7-4-8-18-9-13/h1-11,15H,(H,20,21,25). The van der Waals surface area contributed by atoms with E-state index in [1.807, 2.05) is 47.8 Å². The number of rotatable bonds is 5. The van der Waals surface area contributed by atoms with E-state index in [1.54, 1.807) is 12.4 Å². The van der Waals surface area contributed by atoms with E-state index in [-0.39, 0.29) is 5.91 Å². The van der Waals surface area contributed by atoms with Crippen LogP contribution >= 0.6 is 11.3 Å². The summed E-state index contributed by atoms with van der Waals surface area (Å²) in [6.07, 6.45) is 4.85. The van der Waals surface area contributed by atoms with Crippen LogP contribution in [0, 0.1) is 0 Å². The Morgan fingerprint density at radius 1 is 1.15 bits per heavy atom. The number of carbonyl (C=O) groups excluding carboxylic acids is 1. The average Bonchev–Trinajstić information content (AvgIpc) is 3.36. The lowest BCUT2D eigenvalue weighted by atomic mass is 10.1. The molecule has 0 aliphatic carbocycles. The molecule has 1 aromatic carbocycles. The van der Waals surface area contributed by atoms with Gasteiger partial charge in [0, 0.05) is 23.3 Å². The third-order valence-electron chi connectivity index (χ3n) is 3.68. The van der Waals surface area contributed by atoms with Crippen molar-refractivity contribution in [3.63, 3.8) is 0 Å². The molecule has 4 rings (SSSR count). The summed E-state index contributed by atoms with van der Waals surface area (Å²) < 4.78 is 1.42. The number of tetrazole rings is 1. The van der Waals surface area contributed by atoms with Crippen LogP contribution < -0.4 is 5.32 Å². The quantitative estimate of drug-likeness (QED) is 0.585. The maximum absolute atomic E-state index is 12.9. The molecule has 0 saturated carbocycles. The fraction of sp³-hybridized carbons (Fsp3) is 0.0588. The van der Waals surface area contributed by atoms with Gasteiger partial charge in [0.1, 0.15) is 6.33 Å².